The van der Waals surface area contributed by atoms with E-state index in [2.05, 4.69) is 15.0 Å². The van der Waals surface area contributed by atoms with Crippen molar-refractivity contribution in [2.24, 2.45) is 0 Å². The zero-order chi connectivity index (χ0) is 10.6. The van der Waals surface area contributed by atoms with Crippen LogP contribution in [-0.2, 0) is 16.6 Å². The number of pyridine rings is 1. The highest BCUT2D eigenvalue weighted by Gasteiger charge is 2.06. The van der Waals surface area contributed by atoms with Crippen LogP contribution in [0.25, 0.3) is 0 Å². The second-order valence-electron chi connectivity index (χ2n) is 2.92. The van der Waals surface area contributed by atoms with E-state index in [1.807, 2.05) is 6.07 Å². The second-order valence-corrected chi connectivity index (χ2v) is 4.66. The van der Waals surface area contributed by atoms with Gasteiger partial charge in [-0.2, -0.15) is 0 Å². The summed E-state index contributed by atoms with van der Waals surface area (Å²) in [5.41, 5.74) is 0.820. The maximum Gasteiger partial charge on any atom is 0.230 e. The SMILES string of the molecule is CNCc1cccnc1NS(C)(=O)=O. The topological polar surface area (TPSA) is 71.1 Å². The van der Waals surface area contributed by atoms with Crippen molar-refractivity contribution in [1.82, 2.24) is 10.3 Å². The fraction of sp³-hybridized carbons (Fsp3) is 0.375. The summed E-state index contributed by atoms with van der Waals surface area (Å²) < 4.78 is 24.3. The number of sulfonamides is 1. The van der Waals surface area contributed by atoms with Gasteiger partial charge in [0.1, 0.15) is 5.82 Å². The number of nitrogens with zero attached hydrogens (tertiary/aromatic N) is 1. The van der Waals surface area contributed by atoms with Gasteiger partial charge in [-0.25, -0.2) is 13.4 Å². The second kappa shape index (κ2) is 4.39. The number of aromatic nitrogens is 1. The molecule has 0 amide bonds. The largest absolute Gasteiger partial charge is 0.316 e. The van der Waals surface area contributed by atoms with Crippen molar-refractivity contribution >= 4 is 15.8 Å². The Bertz CT molecular complexity index is 403. The Kier molecular flexibility index (Phi) is 3.43. The Labute approximate surface area is 83.6 Å². The smallest absolute Gasteiger partial charge is 0.230 e. The molecule has 0 aliphatic rings. The molecule has 5 nitrogen and oxygen atoms in total. The third kappa shape index (κ3) is 3.31. The zero-order valence-corrected chi connectivity index (χ0v) is 8.93. The molecular weight excluding hydrogens is 202 g/mol. The Hall–Kier alpha value is -1.14. The summed E-state index contributed by atoms with van der Waals surface area (Å²) in [5.74, 6) is 0.379. The molecule has 0 radical (unpaired) electrons. The number of hydrogen-bond donors (Lipinski definition) is 2. The molecule has 0 aromatic carbocycles. The lowest BCUT2D eigenvalue weighted by molar-refractivity contribution is 0.606. The van der Waals surface area contributed by atoms with Crippen LogP contribution in [0.15, 0.2) is 18.3 Å². The molecule has 0 aliphatic carbocycles. The highest BCUT2D eigenvalue weighted by molar-refractivity contribution is 7.92. The lowest BCUT2D eigenvalue weighted by Crippen LogP contribution is -2.15. The number of nitrogens with one attached hydrogen (secondary N) is 2. The van der Waals surface area contributed by atoms with Gasteiger partial charge >= 0.3 is 0 Å². The number of rotatable bonds is 4. The molecule has 0 bridgehead atoms. The average molecular weight is 215 g/mol. The van der Waals surface area contributed by atoms with Gasteiger partial charge in [0.05, 0.1) is 6.26 Å². The number of hydrogen-bond acceptors (Lipinski definition) is 4. The van der Waals surface area contributed by atoms with Crippen molar-refractivity contribution in [2.45, 2.75) is 6.54 Å². The van der Waals surface area contributed by atoms with Gasteiger partial charge in [0, 0.05) is 18.3 Å². The van der Waals surface area contributed by atoms with E-state index >= 15 is 0 Å². The summed E-state index contributed by atoms with van der Waals surface area (Å²) in [7, 11) is -1.47. The van der Waals surface area contributed by atoms with Crippen LogP contribution in [0.1, 0.15) is 5.56 Å². The van der Waals surface area contributed by atoms with Crippen LogP contribution >= 0.6 is 0 Å². The van der Waals surface area contributed by atoms with Crippen LogP contribution in [0.4, 0.5) is 5.82 Å². The summed E-state index contributed by atoms with van der Waals surface area (Å²) in [5, 5.41) is 2.94. The molecule has 0 saturated heterocycles. The Morgan fingerprint density at radius 2 is 2.21 bits per heavy atom. The molecule has 1 aromatic rings. The summed E-state index contributed by atoms with van der Waals surface area (Å²) in [6, 6.07) is 3.58. The van der Waals surface area contributed by atoms with Gasteiger partial charge in [-0.15, -0.1) is 0 Å². The Morgan fingerprint density at radius 1 is 1.50 bits per heavy atom. The highest BCUT2D eigenvalue weighted by Crippen LogP contribution is 2.11. The van der Waals surface area contributed by atoms with Crippen molar-refractivity contribution in [3.63, 3.8) is 0 Å². The fourth-order valence-corrected chi connectivity index (χ4v) is 1.57. The molecule has 78 valence electrons. The van der Waals surface area contributed by atoms with Crippen molar-refractivity contribution in [3.8, 4) is 0 Å². The number of anilines is 1. The van der Waals surface area contributed by atoms with Crippen LogP contribution in [-0.4, -0.2) is 26.7 Å². The van der Waals surface area contributed by atoms with Crippen molar-refractivity contribution < 1.29 is 8.42 Å². The van der Waals surface area contributed by atoms with Gasteiger partial charge in [-0.1, -0.05) is 6.07 Å². The monoisotopic (exact) mass is 215 g/mol. The summed E-state index contributed by atoms with van der Waals surface area (Å²) in [6.45, 7) is 0.575. The molecule has 0 fully saturated rings. The molecule has 0 saturated carbocycles. The van der Waals surface area contributed by atoms with Crippen LogP contribution < -0.4 is 10.0 Å². The molecule has 6 heteroatoms. The van der Waals surface area contributed by atoms with Gasteiger partial charge in [0.15, 0.2) is 0 Å². The summed E-state index contributed by atoms with van der Waals surface area (Å²) in [6.07, 6.45) is 2.65. The zero-order valence-electron chi connectivity index (χ0n) is 8.11. The van der Waals surface area contributed by atoms with Crippen molar-refractivity contribution in [1.29, 1.82) is 0 Å². The molecule has 0 spiro atoms. The molecule has 2 N–H and O–H groups in total. The van der Waals surface area contributed by atoms with Gasteiger partial charge in [0.2, 0.25) is 10.0 Å². The first-order valence-electron chi connectivity index (χ1n) is 4.09. The lowest BCUT2D eigenvalue weighted by atomic mass is 10.2. The van der Waals surface area contributed by atoms with Crippen LogP contribution in [0, 0.1) is 0 Å². The fourth-order valence-electron chi connectivity index (χ4n) is 1.04. The third-order valence-electron chi connectivity index (χ3n) is 1.54. The van der Waals surface area contributed by atoms with Gasteiger partial charge in [-0.3, -0.25) is 4.72 Å². The van der Waals surface area contributed by atoms with Crippen molar-refractivity contribution in [2.75, 3.05) is 18.0 Å². The van der Waals surface area contributed by atoms with E-state index in [0.717, 1.165) is 11.8 Å². The van der Waals surface area contributed by atoms with Gasteiger partial charge < -0.3 is 5.32 Å². The first-order valence-corrected chi connectivity index (χ1v) is 5.98. The standard InChI is InChI=1S/C8H13N3O2S/c1-9-6-7-4-3-5-10-8(7)11-14(2,12)13/h3-5,9H,6H2,1-2H3,(H,10,11). The quantitative estimate of drug-likeness (QED) is 0.751. The van der Waals surface area contributed by atoms with Crippen molar-refractivity contribution in [3.05, 3.63) is 23.9 Å². The molecule has 0 atom stereocenters. The lowest BCUT2D eigenvalue weighted by Gasteiger charge is -2.08. The maximum absolute atomic E-state index is 11.0. The van der Waals surface area contributed by atoms with E-state index in [1.165, 1.54) is 0 Å². The van der Waals surface area contributed by atoms with E-state index < -0.39 is 10.0 Å². The molecule has 1 rings (SSSR count). The minimum Gasteiger partial charge on any atom is -0.316 e. The van der Waals surface area contributed by atoms with E-state index in [9.17, 15) is 8.42 Å². The molecular formula is C8H13N3O2S. The molecule has 0 unspecified atom stereocenters. The third-order valence-corrected chi connectivity index (χ3v) is 2.10. The highest BCUT2D eigenvalue weighted by atomic mass is 32.2. The van der Waals surface area contributed by atoms with Gasteiger partial charge in [-0.05, 0) is 13.1 Å². The van der Waals surface area contributed by atoms with E-state index in [1.54, 1.807) is 19.3 Å². The Balaban J connectivity index is 2.95. The predicted molar refractivity (Wildman–Crippen MR) is 55.5 cm³/mol. The minimum atomic E-state index is -3.26. The van der Waals surface area contributed by atoms with E-state index in [4.69, 9.17) is 0 Å². The first kappa shape index (κ1) is 10.9. The molecule has 0 aliphatic heterocycles. The molecule has 1 aromatic heterocycles. The van der Waals surface area contributed by atoms with Crippen LogP contribution in [0.5, 0.6) is 0 Å². The Morgan fingerprint density at radius 3 is 2.79 bits per heavy atom. The minimum absolute atomic E-state index is 0.379. The summed E-state index contributed by atoms with van der Waals surface area (Å²) in [4.78, 5) is 3.95. The van der Waals surface area contributed by atoms with E-state index in [0.29, 0.717) is 12.4 Å². The predicted octanol–water partition coefficient (Wildman–Crippen LogP) is 0.173. The summed E-state index contributed by atoms with van der Waals surface area (Å²) >= 11 is 0. The van der Waals surface area contributed by atoms with Crippen LogP contribution in [0.2, 0.25) is 0 Å². The van der Waals surface area contributed by atoms with Crippen LogP contribution in [0.3, 0.4) is 0 Å². The van der Waals surface area contributed by atoms with E-state index in [-0.39, 0.29) is 0 Å². The first-order chi connectivity index (χ1) is 6.53. The molecule has 1 heterocycles. The molecule has 14 heavy (non-hydrogen) atoms. The average Bonchev–Trinajstić information content (AvgIpc) is 2.06. The van der Waals surface area contributed by atoms with Gasteiger partial charge in [0.25, 0.3) is 0 Å². The maximum atomic E-state index is 11.0. The normalized spacial score (nSPS) is 11.3.